The molecule has 2 aromatic carbocycles. The highest BCUT2D eigenvalue weighted by atomic mass is 35.5. The second kappa shape index (κ2) is 8.31. The smallest absolute Gasteiger partial charge is 0.277 e. The van der Waals surface area contributed by atoms with Gasteiger partial charge in [-0.05, 0) is 37.3 Å². The lowest BCUT2D eigenvalue weighted by atomic mass is 10.1. The summed E-state index contributed by atoms with van der Waals surface area (Å²) in [4.78, 5) is 11.8. The van der Waals surface area contributed by atoms with Crippen LogP contribution in [0.15, 0.2) is 47.6 Å². The maximum absolute atomic E-state index is 13.0. The molecule has 126 valence electrons. The van der Waals surface area contributed by atoms with Gasteiger partial charge in [-0.15, -0.1) is 0 Å². The van der Waals surface area contributed by atoms with Crippen molar-refractivity contribution in [2.45, 2.75) is 6.92 Å². The van der Waals surface area contributed by atoms with Crippen molar-refractivity contribution in [3.05, 3.63) is 58.9 Å². The molecule has 0 unspecified atom stereocenters. The van der Waals surface area contributed by atoms with E-state index < -0.39 is 11.7 Å². The average molecular weight is 351 g/mol. The van der Waals surface area contributed by atoms with E-state index in [0.29, 0.717) is 22.0 Å². The van der Waals surface area contributed by atoms with Gasteiger partial charge in [0.25, 0.3) is 5.91 Å². The minimum Gasteiger partial charge on any atom is -0.496 e. The first-order chi connectivity index (χ1) is 11.5. The third kappa shape index (κ3) is 4.96. The van der Waals surface area contributed by atoms with Crippen LogP contribution in [0.3, 0.4) is 0 Å². The third-order valence-electron chi connectivity index (χ3n) is 3.07. The number of nitrogens with one attached hydrogen (secondary N) is 1. The summed E-state index contributed by atoms with van der Waals surface area (Å²) in [6.45, 7) is 1.43. The molecule has 2 rings (SSSR count). The summed E-state index contributed by atoms with van der Waals surface area (Å²) in [5, 5.41) is 4.53. The molecule has 0 spiro atoms. The Hall–Kier alpha value is -2.60. The molecule has 0 radical (unpaired) electrons. The molecule has 0 atom stereocenters. The Morgan fingerprint density at radius 1 is 1.29 bits per heavy atom. The molecular weight excluding hydrogens is 335 g/mol. The fourth-order valence-electron chi connectivity index (χ4n) is 1.91. The van der Waals surface area contributed by atoms with Crippen LogP contribution in [0.1, 0.15) is 12.5 Å². The third-order valence-corrected chi connectivity index (χ3v) is 3.30. The molecule has 0 bridgehead atoms. The summed E-state index contributed by atoms with van der Waals surface area (Å²) in [6.07, 6.45) is 0. The van der Waals surface area contributed by atoms with Crippen LogP contribution in [-0.2, 0) is 4.79 Å². The topological polar surface area (TPSA) is 59.9 Å². The van der Waals surface area contributed by atoms with E-state index in [4.69, 9.17) is 21.1 Å². The molecule has 24 heavy (non-hydrogen) atoms. The first kappa shape index (κ1) is 17.7. The lowest BCUT2D eigenvalue weighted by molar-refractivity contribution is -0.123. The molecule has 1 amide bonds. The van der Waals surface area contributed by atoms with Gasteiger partial charge in [0, 0.05) is 16.7 Å². The summed E-state index contributed by atoms with van der Waals surface area (Å²) < 4.78 is 23.4. The number of hydrogen-bond donors (Lipinski definition) is 1. The molecule has 0 fully saturated rings. The molecule has 5 nitrogen and oxygen atoms in total. The van der Waals surface area contributed by atoms with Crippen molar-refractivity contribution in [2.24, 2.45) is 5.10 Å². The molecule has 0 aliphatic carbocycles. The van der Waals surface area contributed by atoms with E-state index in [1.54, 1.807) is 31.2 Å². The first-order valence-corrected chi connectivity index (χ1v) is 7.43. The van der Waals surface area contributed by atoms with Crippen molar-refractivity contribution in [3.8, 4) is 11.5 Å². The van der Waals surface area contributed by atoms with Gasteiger partial charge in [0.05, 0.1) is 12.8 Å². The van der Waals surface area contributed by atoms with E-state index in [1.165, 1.54) is 25.3 Å². The average Bonchev–Trinajstić information content (AvgIpc) is 2.58. The molecular formula is C17H16ClFN2O3. The van der Waals surface area contributed by atoms with Crippen LogP contribution in [0.2, 0.25) is 5.02 Å². The number of benzene rings is 2. The molecule has 0 aliphatic heterocycles. The number of hydrazone groups is 1. The number of carbonyl (C=O) groups is 1. The van der Waals surface area contributed by atoms with E-state index in [2.05, 4.69) is 10.5 Å². The van der Waals surface area contributed by atoms with Gasteiger partial charge in [-0.2, -0.15) is 5.10 Å². The van der Waals surface area contributed by atoms with Gasteiger partial charge in [0.2, 0.25) is 0 Å². The van der Waals surface area contributed by atoms with Gasteiger partial charge in [0.15, 0.2) is 6.61 Å². The van der Waals surface area contributed by atoms with Crippen molar-refractivity contribution in [1.82, 2.24) is 5.43 Å². The van der Waals surface area contributed by atoms with Crippen LogP contribution in [-0.4, -0.2) is 25.3 Å². The van der Waals surface area contributed by atoms with Crippen LogP contribution in [0.5, 0.6) is 11.5 Å². The number of amides is 1. The molecule has 7 heteroatoms. The highest BCUT2D eigenvalue weighted by Gasteiger charge is 2.08. The number of methoxy groups -OCH3 is 1. The lowest BCUT2D eigenvalue weighted by Gasteiger charge is -2.09. The molecule has 0 heterocycles. The first-order valence-electron chi connectivity index (χ1n) is 7.05. The Morgan fingerprint density at radius 2 is 2.08 bits per heavy atom. The van der Waals surface area contributed by atoms with Crippen LogP contribution < -0.4 is 14.9 Å². The Bertz CT molecular complexity index is 765. The zero-order valence-corrected chi connectivity index (χ0v) is 13.9. The zero-order valence-electron chi connectivity index (χ0n) is 13.2. The number of ether oxygens (including phenoxy) is 2. The minimum atomic E-state index is -0.473. The Morgan fingerprint density at radius 3 is 2.79 bits per heavy atom. The van der Waals surface area contributed by atoms with Gasteiger partial charge < -0.3 is 9.47 Å². The summed E-state index contributed by atoms with van der Waals surface area (Å²) in [5.74, 6) is -0.0531. The van der Waals surface area contributed by atoms with Crippen molar-refractivity contribution in [2.75, 3.05) is 13.7 Å². The highest BCUT2D eigenvalue weighted by Crippen LogP contribution is 2.23. The van der Waals surface area contributed by atoms with Crippen molar-refractivity contribution in [1.29, 1.82) is 0 Å². The number of rotatable bonds is 6. The Labute approximate surface area is 144 Å². The van der Waals surface area contributed by atoms with Crippen LogP contribution in [0.4, 0.5) is 4.39 Å². The monoisotopic (exact) mass is 350 g/mol. The van der Waals surface area contributed by atoms with Crippen molar-refractivity contribution >= 4 is 23.2 Å². The summed E-state index contributed by atoms with van der Waals surface area (Å²) in [5.41, 5.74) is 3.55. The molecule has 0 saturated heterocycles. The maximum Gasteiger partial charge on any atom is 0.277 e. The van der Waals surface area contributed by atoms with Crippen molar-refractivity contribution < 1.29 is 18.7 Å². The van der Waals surface area contributed by atoms with E-state index in [-0.39, 0.29) is 12.4 Å². The maximum atomic E-state index is 13.0. The van der Waals surface area contributed by atoms with Gasteiger partial charge >= 0.3 is 0 Å². The number of carbonyl (C=O) groups excluding carboxylic acids is 1. The molecule has 0 aliphatic rings. The van der Waals surface area contributed by atoms with E-state index in [0.717, 1.165) is 0 Å². The lowest BCUT2D eigenvalue weighted by Crippen LogP contribution is -2.25. The highest BCUT2D eigenvalue weighted by molar-refractivity contribution is 6.31. The Kier molecular flexibility index (Phi) is 6.14. The number of nitrogens with zero attached hydrogens (tertiary/aromatic N) is 1. The van der Waals surface area contributed by atoms with E-state index in [1.807, 2.05) is 0 Å². The SMILES string of the molecule is COc1ccc(Cl)cc1/C(C)=N\NC(=O)COc1cccc(F)c1. The number of halogens is 2. The fourth-order valence-corrected chi connectivity index (χ4v) is 2.08. The second-order valence-corrected chi connectivity index (χ2v) is 5.26. The Balaban J connectivity index is 1.97. The van der Waals surface area contributed by atoms with Gasteiger partial charge in [-0.3, -0.25) is 4.79 Å². The van der Waals surface area contributed by atoms with Crippen LogP contribution in [0, 0.1) is 5.82 Å². The van der Waals surface area contributed by atoms with E-state index in [9.17, 15) is 9.18 Å². The standard InChI is InChI=1S/C17H16ClFN2O3/c1-11(15-8-12(18)6-7-16(15)23-2)20-21-17(22)10-24-14-5-3-4-13(19)9-14/h3-9H,10H2,1-2H3,(H,21,22)/b20-11-. The fraction of sp³-hybridized carbons (Fsp3) is 0.176. The predicted molar refractivity (Wildman–Crippen MR) is 90.3 cm³/mol. The minimum absolute atomic E-state index is 0.266. The predicted octanol–water partition coefficient (Wildman–Crippen LogP) is 3.41. The van der Waals surface area contributed by atoms with E-state index >= 15 is 0 Å². The molecule has 0 aromatic heterocycles. The molecule has 0 saturated carbocycles. The zero-order chi connectivity index (χ0) is 17.5. The van der Waals surface area contributed by atoms with Gasteiger partial charge in [-0.1, -0.05) is 17.7 Å². The quantitative estimate of drug-likeness (QED) is 0.641. The second-order valence-electron chi connectivity index (χ2n) is 4.82. The molecule has 2 aromatic rings. The summed E-state index contributed by atoms with van der Waals surface area (Å²) in [7, 11) is 1.53. The summed E-state index contributed by atoms with van der Waals surface area (Å²) >= 11 is 5.96. The molecule has 1 N–H and O–H groups in total. The summed E-state index contributed by atoms with van der Waals surface area (Å²) in [6, 6.07) is 10.6. The largest absolute Gasteiger partial charge is 0.496 e. The van der Waals surface area contributed by atoms with Crippen LogP contribution >= 0.6 is 11.6 Å². The van der Waals surface area contributed by atoms with Gasteiger partial charge in [0.1, 0.15) is 17.3 Å². The van der Waals surface area contributed by atoms with Crippen LogP contribution in [0.25, 0.3) is 0 Å². The van der Waals surface area contributed by atoms with Gasteiger partial charge in [-0.25, -0.2) is 9.82 Å². The normalized spacial score (nSPS) is 11.1. The number of hydrogen-bond acceptors (Lipinski definition) is 4. The van der Waals surface area contributed by atoms with Crippen molar-refractivity contribution in [3.63, 3.8) is 0 Å².